The number of carbonyl (C=O) groups is 3. The average Bonchev–Trinajstić information content (AvgIpc) is 2.36. The molecule has 0 radical (unpaired) electrons. The van der Waals surface area contributed by atoms with Crippen molar-refractivity contribution in [1.29, 1.82) is 0 Å². The summed E-state index contributed by atoms with van der Waals surface area (Å²) in [5.41, 5.74) is 0.0295. The van der Waals surface area contributed by atoms with Crippen molar-refractivity contribution in [2.24, 2.45) is 0 Å². The summed E-state index contributed by atoms with van der Waals surface area (Å²) in [6.07, 6.45) is -3.46. The zero-order valence-corrected chi connectivity index (χ0v) is 8.17. The smallest absolute Gasteiger partial charge is 0.348 e. The van der Waals surface area contributed by atoms with E-state index in [0.717, 1.165) is 0 Å². The zero-order chi connectivity index (χ0) is 12.0. The Balaban J connectivity index is 2.03. The number of hydrogen-bond donors (Lipinski definition) is 0. The van der Waals surface area contributed by atoms with Crippen LogP contribution in [-0.2, 0) is 18.9 Å². The number of fused-ring (bicyclic) bond motifs is 1. The summed E-state index contributed by atoms with van der Waals surface area (Å²) >= 11 is 0. The number of ether oxygens (including phenoxy) is 4. The SMILES string of the molecule is O=C1OC2(O1)OC(=O)c1ccccc1C(=O)O2. The Morgan fingerprint density at radius 1 is 0.765 bits per heavy atom. The van der Waals surface area contributed by atoms with E-state index >= 15 is 0 Å². The fourth-order valence-corrected chi connectivity index (χ4v) is 1.49. The number of rotatable bonds is 0. The molecule has 0 saturated carbocycles. The molecule has 0 amide bonds. The molecule has 1 saturated heterocycles. The summed E-state index contributed by atoms with van der Waals surface area (Å²) < 4.78 is 18.1. The lowest BCUT2D eigenvalue weighted by molar-refractivity contribution is -0.478. The van der Waals surface area contributed by atoms with Crippen LogP contribution in [0.3, 0.4) is 0 Å². The Labute approximate surface area is 93.8 Å². The van der Waals surface area contributed by atoms with Crippen LogP contribution in [0.5, 0.6) is 0 Å². The molecule has 0 N–H and O–H groups in total. The van der Waals surface area contributed by atoms with Crippen LogP contribution >= 0.6 is 0 Å². The molecule has 86 valence electrons. The number of carbonyl (C=O) groups excluding carboxylic acids is 3. The Morgan fingerprint density at radius 2 is 1.24 bits per heavy atom. The maximum absolute atomic E-state index is 11.6. The van der Waals surface area contributed by atoms with Gasteiger partial charge in [-0.2, -0.15) is 0 Å². The largest absolute Gasteiger partial charge is 0.625 e. The van der Waals surface area contributed by atoms with E-state index < -0.39 is 24.3 Å². The minimum atomic E-state index is -2.37. The number of esters is 2. The molecule has 1 aromatic rings. The molecule has 1 fully saturated rings. The quantitative estimate of drug-likeness (QED) is 0.615. The second-order valence-corrected chi connectivity index (χ2v) is 3.28. The maximum Gasteiger partial charge on any atom is 0.625 e. The van der Waals surface area contributed by atoms with Crippen molar-refractivity contribution < 1.29 is 33.3 Å². The van der Waals surface area contributed by atoms with Crippen molar-refractivity contribution in [2.75, 3.05) is 0 Å². The molecule has 0 atom stereocenters. The molecule has 0 aromatic heterocycles. The molecule has 1 aromatic carbocycles. The van der Waals surface area contributed by atoms with Crippen molar-refractivity contribution in [3.63, 3.8) is 0 Å². The lowest BCUT2D eigenvalue weighted by atomic mass is 10.1. The van der Waals surface area contributed by atoms with E-state index in [1.54, 1.807) is 12.1 Å². The normalized spacial score (nSPS) is 20.1. The lowest BCUT2D eigenvalue weighted by Gasteiger charge is -2.32. The molecule has 2 aliphatic heterocycles. The van der Waals surface area contributed by atoms with E-state index in [-0.39, 0.29) is 11.1 Å². The highest BCUT2D eigenvalue weighted by Gasteiger charge is 2.61. The van der Waals surface area contributed by atoms with Gasteiger partial charge in [0.2, 0.25) is 0 Å². The van der Waals surface area contributed by atoms with E-state index in [2.05, 4.69) is 18.9 Å². The van der Waals surface area contributed by atoms with Gasteiger partial charge in [-0.05, 0) is 12.1 Å². The molecule has 0 aliphatic carbocycles. The van der Waals surface area contributed by atoms with Crippen molar-refractivity contribution in [1.82, 2.24) is 0 Å². The van der Waals surface area contributed by atoms with E-state index in [0.29, 0.717) is 0 Å². The van der Waals surface area contributed by atoms with Crippen LogP contribution in [0, 0.1) is 0 Å². The lowest BCUT2D eigenvalue weighted by Crippen LogP contribution is -2.55. The second-order valence-electron chi connectivity index (χ2n) is 3.28. The minimum Gasteiger partial charge on any atom is -0.348 e. The van der Waals surface area contributed by atoms with Crippen molar-refractivity contribution >= 4 is 18.1 Å². The highest BCUT2D eigenvalue weighted by molar-refractivity contribution is 6.04. The van der Waals surface area contributed by atoms with Crippen molar-refractivity contribution in [3.8, 4) is 0 Å². The highest BCUT2D eigenvalue weighted by atomic mass is 17.1. The number of benzene rings is 1. The molecule has 2 heterocycles. The third-order valence-corrected chi connectivity index (χ3v) is 2.22. The van der Waals surface area contributed by atoms with Gasteiger partial charge in [0, 0.05) is 0 Å². The van der Waals surface area contributed by atoms with Gasteiger partial charge in [-0.15, -0.1) is 0 Å². The zero-order valence-electron chi connectivity index (χ0n) is 8.17. The van der Waals surface area contributed by atoms with E-state index in [4.69, 9.17) is 0 Å². The topological polar surface area (TPSA) is 88.1 Å². The molecular formula is C10H4O7. The Hall–Kier alpha value is -2.57. The van der Waals surface area contributed by atoms with Gasteiger partial charge in [0.15, 0.2) is 0 Å². The van der Waals surface area contributed by atoms with E-state index in [1.165, 1.54) is 12.1 Å². The Bertz CT molecular complexity index is 500. The van der Waals surface area contributed by atoms with E-state index in [1.807, 2.05) is 0 Å². The third-order valence-electron chi connectivity index (χ3n) is 2.22. The first-order valence-corrected chi connectivity index (χ1v) is 4.57. The van der Waals surface area contributed by atoms with Gasteiger partial charge in [-0.1, -0.05) is 12.1 Å². The van der Waals surface area contributed by atoms with Crippen LogP contribution in [0.1, 0.15) is 20.7 Å². The summed E-state index contributed by atoms with van der Waals surface area (Å²) in [6, 6.07) is 5.88. The summed E-state index contributed by atoms with van der Waals surface area (Å²) in [6.45, 7) is 0. The predicted octanol–water partition coefficient (Wildman–Crippen LogP) is 0.792. The Kier molecular flexibility index (Phi) is 1.68. The number of hydrogen-bond acceptors (Lipinski definition) is 7. The summed E-state index contributed by atoms with van der Waals surface area (Å²) in [4.78, 5) is 33.8. The predicted molar refractivity (Wildman–Crippen MR) is 47.6 cm³/mol. The molecule has 2 aliphatic rings. The maximum atomic E-state index is 11.6. The third kappa shape index (κ3) is 1.32. The van der Waals surface area contributed by atoms with Gasteiger partial charge in [0.1, 0.15) is 0 Å². The summed E-state index contributed by atoms with van der Waals surface area (Å²) in [5.74, 6) is -1.75. The molecular weight excluding hydrogens is 232 g/mol. The molecule has 3 rings (SSSR count). The molecule has 7 nitrogen and oxygen atoms in total. The minimum absolute atomic E-state index is 0.0147. The van der Waals surface area contributed by atoms with Gasteiger partial charge < -0.3 is 18.9 Å². The van der Waals surface area contributed by atoms with Gasteiger partial charge in [0.25, 0.3) is 0 Å². The monoisotopic (exact) mass is 236 g/mol. The first kappa shape index (κ1) is 9.64. The molecule has 0 unspecified atom stereocenters. The van der Waals surface area contributed by atoms with Crippen LogP contribution in [0.4, 0.5) is 4.79 Å². The molecule has 17 heavy (non-hydrogen) atoms. The Morgan fingerprint density at radius 3 is 1.65 bits per heavy atom. The standard InChI is InChI=1S/C10H4O7/c11-7-5-3-1-2-4-6(5)8(12)15-10(14-7)16-9(13)17-10/h1-4H. The fourth-order valence-electron chi connectivity index (χ4n) is 1.49. The van der Waals surface area contributed by atoms with Crippen LogP contribution in [-0.4, -0.2) is 24.3 Å². The molecule has 7 heteroatoms. The van der Waals surface area contributed by atoms with Gasteiger partial charge in [0.05, 0.1) is 11.1 Å². The molecule has 1 spiro atoms. The van der Waals surface area contributed by atoms with Crippen LogP contribution in [0.15, 0.2) is 24.3 Å². The van der Waals surface area contributed by atoms with Crippen LogP contribution in [0.2, 0.25) is 0 Å². The molecule has 0 bridgehead atoms. The van der Waals surface area contributed by atoms with Gasteiger partial charge in [-0.3, -0.25) is 0 Å². The van der Waals surface area contributed by atoms with Gasteiger partial charge in [-0.25, -0.2) is 14.4 Å². The van der Waals surface area contributed by atoms with Crippen molar-refractivity contribution in [3.05, 3.63) is 35.4 Å². The fraction of sp³-hybridized carbons (Fsp3) is 0.100. The summed E-state index contributed by atoms with van der Waals surface area (Å²) in [5, 5.41) is 0. The van der Waals surface area contributed by atoms with Crippen molar-refractivity contribution in [2.45, 2.75) is 6.16 Å². The van der Waals surface area contributed by atoms with Crippen LogP contribution in [0.25, 0.3) is 0 Å². The average molecular weight is 236 g/mol. The summed E-state index contributed by atoms with van der Waals surface area (Å²) in [7, 11) is 0. The highest BCUT2D eigenvalue weighted by Crippen LogP contribution is 2.33. The van der Waals surface area contributed by atoms with Crippen LogP contribution < -0.4 is 0 Å². The van der Waals surface area contributed by atoms with E-state index in [9.17, 15) is 14.4 Å². The second kappa shape index (κ2) is 2.97. The first-order valence-electron chi connectivity index (χ1n) is 4.57. The first-order chi connectivity index (χ1) is 8.10. The van der Waals surface area contributed by atoms with Gasteiger partial charge >= 0.3 is 24.3 Å².